The second-order valence-electron chi connectivity index (χ2n) is 3.83. The Morgan fingerprint density at radius 3 is 2.71 bits per heavy atom. The van der Waals surface area contributed by atoms with Crippen molar-refractivity contribution in [3.63, 3.8) is 0 Å². The van der Waals surface area contributed by atoms with Crippen LogP contribution in [0.4, 0.5) is 0 Å². The summed E-state index contributed by atoms with van der Waals surface area (Å²) in [4.78, 5) is 11.9. The summed E-state index contributed by atoms with van der Waals surface area (Å²) in [7, 11) is 1.81. The number of carbonyl (C=O) groups is 1. The Labute approximate surface area is 108 Å². The lowest BCUT2D eigenvalue weighted by Crippen LogP contribution is -2.12. The Morgan fingerprint density at radius 1 is 1.35 bits per heavy atom. The van der Waals surface area contributed by atoms with Crippen LogP contribution in [0.5, 0.6) is 5.75 Å². The van der Waals surface area contributed by atoms with Gasteiger partial charge in [-0.2, -0.15) is 0 Å². The minimum Gasteiger partial charge on any atom is -0.421 e. The van der Waals surface area contributed by atoms with Gasteiger partial charge in [0.25, 0.3) is 0 Å². The Kier molecular flexibility index (Phi) is 3.33. The van der Waals surface area contributed by atoms with Crippen molar-refractivity contribution in [3.8, 4) is 5.75 Å². The van der Waals surface area contributed by atoms with Gasteiger partial charge in [-0.3, -0.25) is 0 Å². The van der Waals surface area contributed by atoms with Crippen LogP contribution in [0.2, 0.25) is 0 Å². The molecule has 3 nitrogen and oxygen atoms in total. The Hall–Kier alpha value is -1.55. The number of halogens is 1. The summed E-state index contributed by atoms with van der Waals surface area (Å²) in [6, 6.07) is 9.12. The van der Waals surface area contributed by atoms with E-state index in [4.69, 9.17) is 4.74 Å². The van der Waals surface area contributed by atoms with E-state index in [0.717, 1.165) is 10.0 Å². The quantitative estimate of drug-likeness (QED) is 0.628. The van der Waals surface area contributed by atoms with Crippen molar-refractivity contribution in [1.82, 2.24) is 4.57 Å². The van der Waals surface area contributed by atoms with Crippen molar-refractivity contribution in [2.45, 2.75) is 6.92 Å². The van der Waals surface area contributed by atoms with E-state index < -0.39 is 0 Å². The van der Waals surface area contributed by atoms with Crippen LogP contribution in [-0.2, 0) is 7.05 Å². The van der Waals surface area contributed by atoms with Gasteiger partial charge in [0.1, 0.15) is 11.4 Å². The van der Waals surface area contributed by atoms with Crippen LogP contribution >= 0.6 is 15.9 Å². The number of hydrogen-bond acceptors (Lipinski definition) is 2. The average molecular weight is 294 g/mol. The number of aryl methyl sites for hydroxylation is 2. The molecule has 0 unspecified atom stereocenters. The summed E-state index contributed by atoms with van der Waals surface area (Å²) < 4.78 is 7.82. The molecule has 4 heteroatoms. The molecule has 0 saturated heterocycles. The van der Waals surface area contributed by atoms with E-state index in [1.54, 1.807) is 36.0 Å². The first-order valence-corrected chi connectivity index (χ1v) is 5.97. The number of hydrogen-bond donors (Lipinski definition) is 0. The molecule has 1 aromatic heterocycles. The molecule has 0 atom stereocenters. The third-order valence-corrected chi connectivity index (χ3v) is 3.06. The van der Waals surface area contributed by atoms with Crippen molar-refractivity contribution in [1.29, 1.82) is 0 Å². The summed E-state index contributed by atoms with van der Waals surface area (Å²) in [5, 5.41) is 0. The molecule has 0 aliphatic heterocycles. The second kappa shape index (κ2) is 4.75. The summed E-state index contributed by atoms with van der Waals surface area (Å²) in [6.45, 7) is 1.98. The summed E-state index contributed by atoms with van der Waals surface area (Å²) >= 11 is 3.37. The predicted molar refractivity (Wildman–Crippen MR) is 69.3 cm³/mol. The summed E-state index contributed by atoms with van der Waals surface area (Å²) in [5.41, 5.74) is 1.63. The third-order valence-electron chi connectivity index (χ3n) is 2.44. The van der Waals surface area contributed by atoms with Gasteiger partial charge in [-0.1, -0.05) is 6.07 Å². The van der Waals surface area contributed by atoms with Crippen LogP contribution < -0.4 is 4.74 Å². The molecule has 0 saturated carbocycles. The van der Waals surface area contributed by atoms with Gasteiger partial charge in [0.15, 0.2) is 0 Å². The van der Waals surface area contributed by atoms with Crippen LogP contribution in [0.15, 0.2) is 41.0 Å². The average Bonchev–Trinajstić information content (AvgIpc) is 2.68. The lowest BCUT2D eigenvalue weighted by molar-refractivity contribution is 0.0723. The molecule has 0 bridgehead atoms. The molecule has 0 radical (unpaired) electrons. The highest BCUT2D eigenvalue weighted by Gasteiger charge is 2.13. The first kappa shape index (κ1) is 11.9. The van der Waals surface area contributed by atoms with Crippen LogP contribution in [0.1, 0.15) is 16.1 Å². The fourth-order valence-corrected chi connectivity index (χ4v) is 2.09. The number of benzene rings is 1. The van der Waals surface area contributed by atoms with Crippen LogP contribution in [0.25, 0.3) is 0 Å². The molecule has 1 heterocycles. The molecule has 0 aliphatic rings. The molecule has 0 N–H and O–H groups in total. The van der Waals surface area contributed by atoms with Crippen molar-refractivity contribution in [2.75, 3.05) is 0 Å². The lowest BCUT2D eigenvalue weighted by Gasteiger charge is -2.07. The van der Waals surface area contributed by atoms with E-state index in [-0.39, 0.29) is 5.97 Å². The topological polar surface area (TPSA) is 31.2 Å². The number of nitrogens with zero attached hydrogens (tertiary/aromatic N) is 1. The van der Waals surface area contributed by atoms with Gasteiger partial charge >= 0.3 is 5.97 Å². The molecule has 0 aliphatic carbocycles. The molecule has 0 spiro atoms. The molecule has 0 fully saturated rings. The molecule has 17 heavy (non-hydrogen) atoms. The highest BCUT2D eigenvalue weighted by Crippen LogP contribution is 2.26. The first-order chi connectivity index (χ1) is 8.08. The largest absolute Gasteiger partial charge is 0.421 e. The summed E-state index contributed by atoms with van der Waals surface area (Å²) in [6.07, 6.45) is 1.81. The van der Waals surface area contributed by atoms with E-state index in [1.807, 2.05) is 19.1 Å². The third kappa shape index (κ3) is 2.58. The van der Waals surface area contributed by atoms with Gasteiger partial charge < -0.3 is 9.30 Å². The van der Waals surface area contributed by atoms with E-state index in [9.17, 15) is 4.79 Å². The van der Waals surface area contributed by atoms with Crippen molar-refractivity contribution >= 4 is 21.9 Å². The highest BCUT2D eigenvalue weighted by atomic mass is 79.9. The van der Waals surface area contributed by atoms with E-state index in [0.29, 0.717) is 11.4 Å². The number of aromatic nitrogens is 1. The molecule has 1 aromatic carbocycles. The first-order valence-electron chi connectivity index (χ1n) is 5.17. The van der Waals surface area contributed by atoms with Crippen molar-refractivity contribution < 1.29 is 9.53 Å². The lowest BCUT2D eigenvalue weighted by atomic mass is 10.2. The highest BCUT2D eigenvalue weighted by molar-refractivity contribution is 9.10. The molecular weight excluding hydrogens is 282 g/mol. The fourth-order valence-electron chi connectivity index (χ4n) is 1.51. The van der Waals surface area contributed by atoms with E-state index in [2.05, 4.69) is 15.9 Å². The van der Waals surface area contributed by atoms with Crippen LogP contribution in [-0.4, -0.2) is 10.5 Å². The SMILES string of the molecule is Cc1ccc(OC(=O)c2cccn2C)c(Br)c1. The van der Waals surface area contributed by atoms with E-state index >= 15 is 0 Å². The molecule has 0 amide bonds. The Balaban J connectivity index is 2.22. The van der Waals surface area contributed by atoms with Crippen LogP contribution in [0, 0.1) is 6.92 Å². The van der Waals surface area contributed by atoms with E-state index in [1.165, 1.54) is 0 Å². The number of rotatable bonds is 2. The maximum absolute atomic E-state index is 11.9. The molecular formula is C13H12BrNO2. The molecule has 2 aromatic rings. The van der Waals surface area contributed by atoms with Gasteiger partial charge in [-0.15, -0.1) is 0 Å². The zero-order chi connectivity index (χ0) is 12.4. The zero-order valence-corrected chi connectivity index (χ0v) is 11.2. The van der Waals surface area contributed by atoms with Crippen molar-refractivity contribution in [2.24, 2.45) is 7.05 Å². The minimum atomic E-state index is -0.359. The second-order valence-corrected chi connectivity index (χ2v) is 4.68. The maximum Gasteiger partial charge on any atom is 0.360 e. The normalized spacial score (nSPS) is 10.3. The zero-order valence-electron chi connectivity index (χ0n) is 9.61. The van der Waals surface area contributed by atoms with Gasteiger partial charge in [-0.25, -0.2) is 4.79 Å². The fraction of sp³-hybridized carbons (Fsp3) is 0.154. The number of esters is 1. The number of carbonyl (C=O) groups excluding carboxylic acids is 1. The van der Waals surface area contributed by atoms with Crippen LogP contribution in [0.3, 0.4) is 0 Å². The van der Waals surface area contributed by atoms with Gasteiger partial charge in [0, 0.05) is 13.2 Å². The smallest absolute Gasteiger partial charge is 0.360 e. The molecule has 2 rings (SSSR count). The van der Waals surface area contributed by atoms with Gasteiger partial charge in [-0.05, 0) is 52.7 Å². The van der Waals surface area contributed by atoms with Gasteiger partial charge in [0.05, 0.1) is 4.47 Å². The standard InChI is InChI=1S/C13H12BrNO2/c1-9-5-6-12(10(14)8-9)17-13(16)11-4-3-7-15(11)2/h3-8H,1-2H3. The molecule has 88 valence electrons. The monoisotopic (exact) mass is 293 g/mol. The van der Waals surface area contributed by atoms with Gasteiger partial charge in [0.2, 0.25) is 0 Å². The Morgan fingerprint density at radius 2 is 2.12 bits per heavy atom. The maximum atomic E-state index is 11.9. The Bertz CT molecular complexity index is 560. The minimum absolute atomic E-state index is 0.359. The summed E-state index contributed by atoms with van der Waals surface area (Å²) in [5.74, 6) is 0.170. The predicted octanol–water partition coefficient (Wildman–Crippen LogP) is 3.32. The number of ether oxygens (including phenoxy) is 1. The van der Waals surface area contributed by atoms with Crippen molar-refractivity contribution in [3.05, 3.63) is 52.3 Å².